The highest BCUT2D eigenvalue weighted by Crippen LogP contribution is 2.38. The second-order valence-corrected chi connectivity index (χ2v) is 6.23. The number of nitrogens with zero attached hydrogens (tertiary/aromatic N) is 3. The van der Waals surface area contributed by atoms with Gasteiger partial charge in [0.05, 0.1) is 17.4 Å². The summed E-state index contributed by atoms with van der Waals surface area (Å²) in [6, 6.07) is 4.88. The Hall–Kier alpha value is -2.48. The molecule has 1 aromatic carbocycles. The fourth-order valence-corrected chi connectivity index (χ4v) is 3.40. The zero-order valence-electron chi connectivity index (χ0n) is 14.3. The molecule has 1 saturated heterocycles. The first-order valence-corrected chi connectivity index (χ1v) is 8.42. The van der Waals surface area contributed by atoms with Crippen LogP contribution in [0.3, 0.4) is 0 Å². The number of esters is 1. The minimum Gasteiger partial charge on any atom is -0.461 e. The third-order valence-corrected chi connectivity index (χ3v) is 4.54. The monoisotopic (exact) mass is 347 g/mol. The number of hydrogen-bond acceptors (Lipinski definition) is 7. The molecule has 0 bridgehead atoms. The van der Waals surface area contributed by atoms with Gasteiger partial charge in [0.25, 0.3) is 5.69 Å². The average molecular weight is 347 g/mol. The maximum Gasteiger partial charge on any atom is 0.356 e. The molecule has 0 amide bonds. The van der Waals surface area contributed by atoms with Crippen molar-refractivity contribution in [2.24, 2.45) is 5.16 Å². The summed E-state index contributed by atoms with van der Waals surface area (Å²) < 4.78 is 5.08. The molecule has 0 aliphatic carbocycles. The number of nitro groups is 1. The largest absolute Gasteiger partial charge is 0.461 e. The molecule has 0 radical (unpaired) electrons. The molecule has 0 aromatic heterocycles. The van der Waals surface area contributed by atoms with E-state index < -0.39 is 23.0 Å². The van der Waals surface area contributed by atoms with Crippen molar-refractivity contribution in [2.45, 2.75) is 38.8 Å². The van der Waals surface area contributed by atoms with Crippen LogP contribution >= 0.6 is 0 Å². The quantitative estimate of drug-likeness (QED) is 0.461. The second-order valence-electron chi connectivity index (χ2n) is 6.23. The Morgan fingerprint density at radius 3 is 2.80 bits per heavy atom. The average Bonchev–Trinajstić information content (AvgIpc) is 3.23. The molecule has 25 heavy (non-hydrogen) atoms. The van der Waals surface area contributed by atoms with Gasteiger partial charge in [-0.25, -0.2) is 4.79 Å². The van der Waals surface area contributed by atoms with Crippen LogP contribution in [-0.4, -0.2) is 47.4 Å². The molecule has 2 atom stereocenters. The lowest BCUT2D eigenvalue weighted by atomic mass is 9.89. The molecule has 1 fully saturated rings. The smallest absolute Gasteiger partial charge is 0.356 e. The number of oxime groups is 1. The summed E-state index contributed by atoms with van der Waals surface area (Å²) in [5.41, 5.74) is 1.36. The van der Waals surface area contributed by atoms with E-state index in [4.69, 9.17) is 9.57 Å². The predicted octanol–water partition coefficient (Wildman–Crippen LogP) is 2.36. The van der Waals surface area contributed by atoms with Crippen LogP contribution in [0, 0.1) is 17.0 Å². The molecule has 0 saturated carbocycles. The molecule has 134 valence electrons. The van der Waals surface area contributed by atoms with E-state index >= 15 is 0 Å². The molecule has 1 aromatic rings. The molecule has 2 unspecified atom stereocenters. The van der Waals surface area contributed by atoms with Gasteiger partial charge in [0.15, 0.2) is 11.9 Å². The summed E-state index contributed by atoms with van der Waals surface area (Å²) in [5.74, 6) is -1.23. The Morgan fingerprint density at radius 1 is 1.44 bits per heavy atom. The van der Waals surface area contributed by atoms with E-state index in [0.29, 0.717) is 5.56 Å². The van der Waals surface area contributed by atoms with Crippen LogP contribution in [0.1, 0.15) is 36.8 Å². The normalized spacial score (nSPS) is 23.2. The topological polar surface area (TPSA) is 94.3 Å². The lowest BCUT2D eigenvalue weighted by Crippen LogP contribution is -2.40. The van der Waals surface area contributed by atoms with Gasteiger partial charge in [0, 0.05) is 24.7 Å². The Morgan fingerprint density at radius 2 is 2.16 bits per heavy atom. The van der Waals surface area contributed by atoms with Gasteiger partial charge in [0.2, 0.25) is 0 Å². The maximum atomic E-state index is 12.3. The predicted molar refractivity (Wildman–Crippen MR) is 90.3 cm³/mol. The fraction of sp³-hybridized carbons (Fsp3) is 0.529. The molecule has 0 spiro atoms. The van der Waals surface area contributed by atoms with Crippen LogP contribution in [-0.2, 0) is 14.4 Å². The van der Waals surface area contributed by atoms with Crippen LogP contribution in [0.4, 0.5) is 5.69 Å². The zero-order valence-corrected chi connectivity index (χ0v) is 14.3. The van der Waals surface area contributed by atoms with Crippen molar-refractivity contribution in [2.75, 3.05) is 19.7 Å². The standard InChI is InChI=1S/C17H21N3O5/c1-3-24-17(21)15-14(16(25-18-15)19-8-4-5-9-19)12-10-11(2)6-7-13(12)20(22)23/h6-7,10,14,16H,3-5,8-9H2,1-2H3. The van der Waals surface area contributed by atoms with Gasteiger partial charge in [-0.2, -0.15) is 0 Å². The number of rotatable bonds is 5. The molecular weight excluding hydrogens is 326 g/mol. The summed E-state index contributed by atoms with van der Waals surface area (Å²) in [6.45, 7) is 5.39. The van der Waals surface area contributed by atoms with Crippen molar-refractivity contribution in [3.8, 4) is 0 Å². The van der Waals surface area contributed by atoms with Crippen molar-refractivity contribution in [1.82, 2.24) is 4.90 Å². The summed E-state index contributed by atoms with van der Waals surface area (Å²) in [7, 11) is 0. The first-order chi connectivity index (χ1) is 12.0. The van der Waals surface area contributed by atoms with E-state index in [-0.39, 0.29) is 18.0 Å². The van der Waals surface area contributed by atoms with E-state index in [1.165, 1.54) is 6.07 Å². The molecule has 2 heterocycles. The van der Waals surface area contributed by atoms with E-state index in [2.05, 4.69) is 10.1 Å². The van der Waals surface area contributed by atoms with E-state index in [1.54, 1.807) is 19.1 Å². The third kappa shape index (κ3) is 3.34. The maximum absolute atomic E-state index is 12.3. The Kier molecular flexibility index (Phi) is 4.98. The molecule has 8 heteroatoms. The number of ether oxygens (including phenoxy) is 1. The summed E-state index contributed by atoms with van der Waals surface area (Å²) in [4.78, 5) is 31.0. The van der Waals surface area contributed by atoms with Crippen LogP contribution < -0.4 is 0 Å². The number of hydrogen-bond donors (Lipinski definition) is 0. The Labute approximate surface area is 145 Å². The van der Waals surface area contributed by atoms with Gasteiger partial charge in [-0.05, 0) is 32.8 Å². The molecule has 2 aliphatic rings. The zero-order chi connectivity index (χ0) is 18.0. The summed E-state index contributed by atoms with van der Waals surface area (Å²) >= 11 is 0. The first kappa shape index (κ1) is 17.3. The summed E-state index contributed by atoms with van der Waals surface area (Å²) in [5, 5.41) is 15.5. The van der Waals surface area contributed by atoms with Gasteiger partial charge in [0.1, 0.15) is 0 Å². The number of aryl methyl sites for hydroxylation is 1. The number of likely N-dealkylation sites (tertiary alicyclic amines) is 1. The molecule has 2 aliphatic heterocycles. The minimum absolute atomic E-state index is 0.0395. The molecule has 3 rings (SSSR count). The lowest BCUT2D eigenvalue weighted by Gasteiger charge is -2.27. The van der Waals surface area contributed by atoms with Gasteiger partial charge < -0.3 is 9.57 Å². The third-order valence-electron chi connectivity index (χ3n) is 4.54. The highest BCUT2D eigenvalue weighted by Gasteiger charge is 2.46. The number of nitro benzene ring substituents is 1. The Balaban J connectivity index is 2.05. The molecule has 0 N–H and O–H groups in total. The van der Waals surface area contributed by atoms with Crippen LogP contribution in [0.25, 0.3) is 0 Å². The van der Waals surface area contributed by atoms with Crippen molar-refractivity contribution >= 4 is 17.4 Å². The van der Waals surface area contributed by atoms with E-state index in [9.17, 15) is 14.9 Å². The minimum atomic E-state index is -0.641. The van der Waals surface area contributed by atoms with Crippen molar-refractivity contribution < 1.29 is 19.3 Å². The number of carbonyl (C=O) groups excluding carboxylic acids is 1. The van der Waals surface area contributed by atoms with Gasteiger partial charge >= 0.3 is 5.97 Å². The van der Waals surface area contributed by atoms with Gasteiger partial charge in [-0.1, -0.05) is 16.8 Å². The number of benzene rings is 1. The van der Waals surface area contributed by atoms with Crippen molar-refractivity contribution in [1.29, 1.82) is 0 Å². The van der Waals surface area contributed by atoms with Crippen LogP contribution in [0.2, 0.25) is 0 Å². The second kappa shape index (κ2) is 7.18. The van der Waals surface area contributed by atoms with Crippen molar-refractivity contribution in [3.63, 3.8) is 0 Å². The van der Waals surface area contributed by atoms with Gasteiger partial charge in [-0.15, -0.1) is 0 Å². The SMILES string of the molecule is CCOC(=O)C1=NOC(N2CCCC2)C1c1cc(C)ccc1[N+](=O)[O-]. The first-order valence-electron chi connectivity index (χ1n) is 8.42. The fourth-order valence-electron chi connectivity index (χ4n) is 3.40. The van der Waals surface area contributed by atoms with Gasteiger partial charge in [-0.3, -0.25) is 15.0 Å². The number of carbonyl (C=O) groups is 1. The molecular formula is C17H21N3O5. The van der Waals surface area contributed by atoms with Crippen LogP contribution in [0.5, 0.6) is 0 Å². The highest BCUT2D eigenvalue weighted by atomic mass is 16.7. The van der Waals surface area contributed by atoms with E-state index in [1.807, 2.05) is 6.92 Å². The van der Waals surface area contributed by atoms with E-state index in [0.717, 1.165) is 31.5 Å². The Bertz CT molecular complexity index is 712. The summed E-state index contributed by atoms with van der Waals surface area (Å²) in [6.07, 6.45) is 1.52. The van der Waals surface area contributed by atoms with Crippen molar-refractivity contribution in [3.05, 3.63) is 39.4 Å². The molecule has 8 nitrogen and oxygen atoms in total. The highest BCUT2D eigenvalue weighted by molar-refractivity contribution is 6.39. The van der Waals surface area contributed by atoms with Crippen LogP contribution in [0.15, 0.2) is 23.4 Å². The lowest BCUT2D eigenvalue weighted by molar-refractivity contribution is -0.385.